The molecule has 2 aromatic rings. The number of carbonyl (C=O) groups is 1. The van der Waals surface area contributed by atoms with Gasteiger partial charge in [-0.05, 0) is 36.2 Å². The first-order valence-electron chi connectivity index (χ1n) is 10.2. The third-order valence-electron chi connectivity index (χ3n) is 5.79. The molecule has 0 radical (unpaired) electrons. The molecule has 6 nitrogen and oxygen atoms in total. The van der Waals surface area contributed by atoms with Crippen LogP contribution in [0.4, 0.5) is 10.5 Å². The lowest BCUT2D eigenvalue weighted by molar-refractivity contribution is -0.0544. The zero-order valence-electron chi connectivity index (χ0n) is 17.0. The molecule has 0 bridgehead atoms. The number of rotatable bonds is 4. The highest BCUT2D eigenvalue weighted by atomic mass is 16.7. The second-order valence-corrected chi connectivity index (χ2v) is 7.69. The van der Waals surface area contributed by atoms with Gasteiger partial charge in [-0.2, -0.15) is 0 Å². The Morgan fingerprint density at radius 3 is 2.76 bits per heavy atom. The van der Waals surface area contributed by atoms with Gasteiger partial charge >= 0.3 is 6.03 Å². The summed E-state index contributed by atoms with van der Waals surface area (Å²) in [6.07, 6.45) is 3.25. The van der Waals surface area contributed by atoms with Crippen molar-refractivity contribution >= 4 is 17.4 Å². The fourth-order valence-corrected chi connectivity index (χ4v) is 3.94. The Hall–Kier alpha value is -3.02. The fraction of sp³-hybridized carbons (Fsp3) is 0.391. The Balaban J connectivity index is 1.34. The molecule has 2 heterocycles. The number of hydrogen-bond donors (Lipinski definition) is 1. The Bertz CT molecular complexity index is 917. The summed E-state index contributed by atoms with van der Waals surface area (Å²) in [5.41, 5.74) is 3.71. The quantitative estimate of drug-likeness (QED) is 0.835. The number of ether oxygens (including phenoxy) is 1. The lowest BCUT2D eigenvalue weighted by atomic mass is 9.85. The second kappa shape index (κ2) is 8.15. The molecule has 0 unspecified atom stereocenters. The number of oxime groups is 1. The molecule has 2 aliphatic heterocycles. The van der Waals surface area contributed by atoms with Gasteiger partial charge in [0.25, 0.3) is 0 Å². The summed E-state index contributed by atoms with van der Waals surface area (Å²) in [6.45, 7) is 3.41. The van der Waals surface area contributed by atoms with Crippen molar-refractivity contribution in [3.05, 3.63) is 59.7 Å². The standard InChI is InChI=1S/C23H27N3O3/c1-3-17-6-4-8-19(14-17)24-22(27)26-12-10-23(11-13-26)16-21(25-29-23)18-7-5-9-20(15-18)28-2/h4-9,14-15H,3,10-13,16H2,1-2H3,(H,24,27). The van der Waals surface area contributed by atoms with Gasteiger partial charge in [-0.3, -0.25) is 0 Å². The number of methoxy groups -OCH3 is 1. The lowest BCUT2D eigenvalue weighted by Gasteiger charge is -2.37. The highest BCUT2D eigenvalue weighted by Crippen LogP contribution is 2.36. The summed E-state index contributed by atoms with van der Waals surface area (Å²) in [6, 6.07) is 15.8. The first-order valence-corrected chi connectivity index (χ1v) is 10.2. The lowest BCUT2D eigenvalue weighted by Crippen LogP contribution is -2.48. The number of nitrogens with one attached hydrogen (secondary N) is 1. The Morgan fingerprint density at radius 2 is 2.00 bits per heavy atom. The molecule has 0 saturated carbocycles. The van der Waals surface area contributed by atoms with E-state index < -0.39 is 0 Å². The molecule has 6 heteroatoms. The van der Waals surface area contributed by atoms with Gasteiger partial charge in [-0.15, -0.1) is 0 Å². The summed E-state index contributed by atoms with van der Waals surface area (Å²) in [5.74, 6) is 0.810. The van der Waals surface area contributed by atoms with E-state index in [-0.39, 0.29) is 11.6 Å². The Morgan fingerprint density at radius 1 is 1.21 bits per heavy atom. The molecule has 0 aliphatic carbocycles. The summed E-state index contributed by atoms with van der Waals surface area (Å²) in [4.78, 5) is 20.4. The number of nitrogens with zero attached hydrogens (tertiary/aromatic N) is 2. The van der Waals surface area contributed by atoms with E-state index in [0.29, 0.717) is 13.1 Å². The number of piperidine rings is 1. The monoisotopic (exact) mass is 393 g/mol. The molecule has 1 N–H and O–H groups in total. The van der Waals surface area contributed by atoms with Crippen LogP contribution in [0.5, 0.6) is 5.75 Å². The molecule has 2 amide bonds. The van der Waals surface area contributed by atoms with Crippen LogP contribution < -0.4 is 10.1 Å². The third kappa shape index (κ3) is 4.21. The highest BCUT2D eigenvalue weighted by Gasteiger charge is 2.43. The minimum atomic E-state index is -0.308. The smallest absolute Gasteiger partial charge is 0.321 e. The van der Waals surface area contributed by atoms with Crippen LogP contribution in [-0.4, -0.2) is 42.4 Å². The Kier molecular flexibility index (Phi) is 5.43. The molecule has 0 atom stereocenters. The van der Waals surface area contributed by atoms with E-state index in [9.17, 15) is 4.79 Å². The number of hydrogen-bond acceptors (Lipinski definition) is 4. The van der Waals surface area contributed by atoms with Crippen LogP contribution in [0.2, 0.25) is 0 Å². The van der Waals surface area contributed by atoms with Crippen molar-refractivity contribution < 1.29 is 14.4 Å². The molecular formula is C23H27N3O3. The molecular weight excluding hydrogens is 366 g/mol. The zero-order valence-corrected chi connectivity index (χ0v) is 17.0. The van der Waals surface area contributed by atoms with Gasteiger partial charge < -0.3 is 19.8 Å². The van der Waals surface area contributed by atoms with E-state index in [1.54, 1.807) is 7.11 Å². The molecule has 152 valence electrons. The van der Waals surface area contributed by atoms with Crippen molar-refractivity contribution in [1.82, 2.24) is 4.90 Å². The van der Waals surface area contributed by atoms with Crippen LogP contribution in [0.1, 0.15) is 37.3 Å². The van der Waals surface area contributed by atoms with Gasteiger partial charge in [-0.25, -0.2) is 4.79 Å². The van der Waals surface area contributed by atoms with Gasteiger partial charge in [0.2, 0.25) is 0 Å². The summed E-state index contributed by atoms with van der Waals surface area (Å²) >= 11 is 0. The SMILES string of the molecule is CCc1cccc(NC(=O)N2CCC3(CC2)CC(c2cccc(OC)c2)=NO3)c1. The van der Waals surface area contributed by atoms with Gasteiger partial charge in [0.05, 0.1) is 12.8 Å². The molecule has 1 fully saturated rings. The van der Waals surface area contributed by atoms with E-state index in [0.717, 1.165) is 48.4 Å². The van der Waals surface area contributed by atoms with E-state index >= 15 is 0 Å². The summed E-state index contributed by atoms with van der Waals surface area (Å²) < 4.78 is 5.31. The molecule has 2 aromatic carbocycles. The molecule has 0 aromatic heterocycles. The third-order valence-corrected chi connectivity index (χ3v) is 5.79. The van der Waals surface area contributed by atoms with Crippen LogP contribution in [-0.2, 0) is 11.3 Å². The number of amides is 2. The normalized spacial score (nSPS) is 17.6. The van der Waals surface area contributed by atoms with Gasteiger partial charge in [0.1, 0.15) is 11.4 Å². The largest absolute Gasteiger partial charge is 0.497 e. The molecule has 29 heavy (non-hydrogen) atoms. The van der Waals surface area contributed by atoms with Gasteiger partial charge in [-0.1, -0.05) is 36.3 Å². The average Bonchev–Trinajstić information content (AvgIpc) is 3.18. The van der Waals surface area contributed by atoms with Crippen molar-refractivity contribution in [1.29, 1.82) is 0 Å². The molecule has 2 aliphatic rings. The number of aryl methyl sites for hydroxylation is 1. The molecule has 4 rings (SSSR count). The maximum Gasteiger partial charge on any atom is 0.321 e. The minimum absolute atomic E-state index is 0.0555. The number of anilines is 1. The summed E-state index contributed by atoms with van der Waals surface area (Å²) in [7, 11) is 1.66. The topological polar surface area (TPSA) is 63.2 Å². The van der Waals surface area contributed by atoms with Crippen molar-refractivity contribution in [3.8, 4) is 5.75 Å². The maximum absolute atomic E-state index is 12.7. The van der Waals surface area contributed by atoms with Crippen molar-refractivity contribution in [2.75, 3.05) is 25.5 Å². The zero-order chi connectivity index (χ0) is 20.3. The van der Waals surface area contributed by atoms with Crippen LogP contribution >= 0.6 is 0 Å². The van der Waals surface area contributed by atoms with Crippen molar-refractivity contribution in [3.63, 3.8) is 0 Å². The van der Waals surface area contributed by atoms with Gasteiger partial charge in [0.15, 0.2) is 0 Å². The van der Waals surface area contributed by atoms with Crippen LogP contribution in [0, 0.1) is 0 Å². The molecule has 1 spiro atoms. The molecule has 1 saturated heterocycles. The predicted molar refractivity (Wildman–Crippen MR) is 114 cm³/mol. The average molecular weight is 393 g/mol. The van der Waals surface area contributed by atoms with E-state index in [1.165, 1.54) is 5.56 Å². The van der Waals surface area contributed by atoms with Crippen LogP contribution in [0.25, 0.3) is 0 Å². The second-order valence-electron chi connectivity index (χ2n) is 7.69. The predicted octanol–water partition coefficient (Wildman–Crippen LogP) is 4.45. The van der Waals surface area contributed by atoms with E-state index in [2.05, 4.69) is 23.5 Å². The first kappa shape index (κ1) is 19.3. The van der Waals surface area contributed by atoms with E-state index in [4.69, 9.17) is 9.57 Å². The van der Waals surface area contributed by atoms with Crippen LogP contribution in [0.3, 0.4) is 0 Å². The van der Waals surface area contributed by atoms with Crippen molar-refractivity contribution in [2.45, 2.75) is 38.2 Å². The summed E-state index contributed by atoms with van der Waals surface area (Å²) in [5, 5.41) is 7.37. The van der Waals surface area contributed by atoms with Crippen LogP contribution in [0.15, 0.2) is 53.7 Å². The first-order chi connectivity index (χ1) is 14.1. The highest BCUT2D eigenvalue weighted by molar-refractivity contribution is 6.02. The minimum Gasteiger partial charge on any atom is -0.497 e. The fourth-order valence-electron chi connectivity index (χ4n) is 3.94. The number of urea groups is 1. The number of benzene rings is 2. The number of likely N-dealkylation sites (tertiary alicyclic amines) is 1. The van der Waals surface area contributed by atoms with E-state index in [1.807, 2.05) is 47.4 Å². The van der Waals surface area contributed by atoms with Gasteiger partial charge in [0, 0.05) is 43.6 Å². The number of carbonyl (C=O) groups excluding carboxylic acids is 1. The Labute approximate surface area is 171 Å². The van der Waals surface area contributed by atoms with Crippen molar-refractivity contribution in [2.24, 2.45) is 5.16 Å². The maximum atomic E-state index is 12.7.